The summed E-state index contributed by atoms with van der Waals surface area (Å²) in [4.78, 5) is 26.5. The maximum Gasteiger partial charge on any atom is 0.306 e. The molecule has 75 heavy (non-hydrogen) atoms. The normalized spacial score (nSPS) is 19.5. The van der Waals surface area contributed by atoms with E-state index in [0.29, 0.717) is 12.8 Å². The lowest BCUT2D eigenvalue weighted by molar-refractivity contribution is -0.305. The molecule has 1 fully saturated rings. The molecule has 438 valence electrons. The second kappa shape index (κ2) is 52.3. The van der Waals surface area contributed by atoms with Crippen LogP contribution in [-0.4, -0.2) is 99.6 Å². The molecule has 0 aliphatic carbocycles. The number of rotatable bonds is 53. The predicted molar refractivity (Wildman–Crippen MR) is 310 cm³/mol. The minimum Gasteiger partial charge on any atom is -0.454 e. The molecule has 1 aliphatic heterocycles. The van der Waals surface area contributed by atoms with Crippen LogP contribution in [0.2, 0.25) is 0 Å². The maximum absolute atomic E-state index is 13.4. The Morgan fingerprint density at radius 2 is 0.920 bits per heavy atom. The van der Waals surface area contributed by atoms with Gasteiger partial charge >= 0.3 is 5.97 Å². The van der Waals surface area contributed by atoms with Gasteiger partial charge < -0.3 is 45.1 Å². The molecule has 8 atom stereocenters. The minimum atomic E-state index is -1.61. The fraction of sp³-hybridized carbons (Fsp3) is 0.844. The van der Waals surface area contributed by atoms with E-state index in [0.717, 1.165) is 77.0 Å². The Kier molecular flexibility index (Phi) is 49.3. The monoisotopic (exact) mass is 1060 g/mol. The second-order valence-corrected chi connectivity index (χ2v) is 21.8. The molecule has 1 heterocycles. The molecule has 1 saturated heterocycles. The summed E-state index contributed by atoms with van der Waals surface area (Å²) < 4.78 is 17.6. The second-order valence-electron chi connectivity index (χ2n) is 21.8. The van der Waals surface area contributed by atoms with Crippen molar-refractivity contribution in [3.63, 3.8) is 0 Å². The number of hydrogen-bond acceptors (Lipinski definition) is 10. The quantitative estimate of drug-likeness (QED) is 0.0195. The highest BCUT2D eigenvalue weighted by Crippen LogP contribution is 2.26. The van der Waals surface area contributed by atoms with E-state index in [1.54, 1.807) is 6.08 Å². The molecule has 1 amide bonds. The largest absolute Gasteiger partial charge is 0.454 e. The standard InChI is InChI=1S/C64H117NO10/c1-4-7-10-13-16-19-22-24-25-26-27-28-29-30-31-32-34-36-39-42-45-48-51-57(68)63(72)65-55(56(67)50-47-44-41-38-35-21-18-15-12-9-6-3)54-73-64-62(61(71)60(70)58(53-66)74-64)75-59(69)52-49-46-43-40-37-33-23-20-17-14-11-8-5-2/h16,19,24-25,27-28,47,50,55-58,60-62,64,66-68,70-71H,4-15,17-18,20-23,26,29-46,48-49,51-54H2,1-3H3,(H,65,72)/b19-16-,25-24-,28-27-,50-47+. The number of carbonyl (C=O) groups is 2. The summed E-state index contributed by atoms with van der Waals surface area (Å²) >= 11 is 0. The first-order valence-electron chi connectivity index (χ1n) is 31.4. The summed E-state index contributed by atoms with van der Waals surface area (Å²) in [6.07, 6.45) is 52.9. The fourth-order valence-electron chi connectivity index (χ4n) is 9.72. The Morgan fingerprint density at radius 3 is 1.40 bits per heavy atom. The van der Waals surface area contributed by atoms with Gasteiger partial charge in [-0.05, 0) is 64.2 Å². The van der Waals surface area contributed by atoms with Gasteiger partial charge in [-0.1, -0.05) is 262 Å². The molecule has 1 aliphatic rings. The third-order valence-electron chi connectivity index (χ3n) is 14.7. The molecular formula is C64H117NO10. The van der Waals surface area contributed by atoms with Crippen molar-refractivity contribution in [2.75, 3.05) is 13.2 Å². The van der Waals surface area contributed by atoms with Crippen LogP contribution in [0.15, 0.2) is 48.6 Å². The lowest BCUT2D eigenvalue weighted by atomic mass is 9.99. The number of allylic oxidation sites excluding steroid dienone is 7. The first-order chi connectivity index (χ1) is 36.7. The van der Waals surface area contributed by atoms with Gasteiger partial charge in [0.05, 0.1) is 25.4 Å². The van der Waals surface area contributed by atoms with E-state index in [-0.39, 0.29) is 19.4 Å². The Hall–Kier alpha value is -2.38. The highest BCUT2D eigenvalue weighted by Gasteiger charge is 2.47. The van der Waals surface area contributed by atoms with Crippen LogP contribution in [-0.2, 0) is 23.8 Å². The lowest BCUT2D eigenvalue weighted by Crippen LogP contribution is -2.61. The number of nitrogens with one attached hydrogen (secondary N) is 1. The third-order valence-corrected chi connectivity index (χ3v) is 14.7. The van der Waals surface area contributed by atoms with Crippen molar-refractivity contribution in [2.45, 2.75) is 333 Å². The van der Waals surface area contributed by atoms with Crippen LogP contribution >= 0.6 is 0 Å². The molecule has 0 spiro atoms. The number of ether oxygens (including phenoxy) is 3. The highest BCUT2D eigenvalue weighted by molar-refractivity contribution is 5.80. The van der Waals surface area contributed by atoms with Crippen LogP contribution in [0.1, 0.15) is 284 Å². The molecule has 0 radical (unpaired) electrons. The van der Waals surface area contributed by atoms with Crippen LogP contribution in [0.3, 0.4) is 0 Å². The Morgan fingerprint density at radius 1 is 0.520 bits per heavy atom. The molecule has 1 rings (SSSR count). The maximum atomic E-state index is 13.4. The van der Waals surface area contributed by atoms with Gasteiger partial charge in [-0.25, -0.2) is 0 Å². The predicted octanol–water partition coefficient (Wildman–Crippen LogP) is 14.8. The van der Waals surface area contributed by atoms with Crippen molar-refractivity contribution in [1.29, 1.82) is 0 Å². The Labute approximate surface area is 459 Å². The van der Waals surface area contributed by atoms with Crippen LogP contribution in [0, 0.1) is 0 Å². The molecular weight excluding hydrogens is 943 g/mol. The zero-order valence-corrected chi connectivity index (χ0v) is 48.4. The van der Waals surface area contributed by atoms with Crippen LogP contribution < -0.4 is 5.32 Å². The smallest absolute Gasteiger partial charge is 0.306 e. The van der Waals surface area contributed by atoms with Gasteiger partial charge in [0.1, 0.15) is 24.4 Å². The summed E-state index contributed by atoms with van der Waals surface area (Å²) in [5.41, 5.74) is 0. The molecule has 6 N–H and O–H groups in total. The van der Waals surface area contributed by atoms with Gasteiger partial charge in [0.15, 0.2) is 12.4 Å². The molecule has 0 saturated carbocycles. The molecule has 0 aromatic rings. The molecule has 8 unspecified atom stereocenters. The Bertz CT molecular complexity index is 1400. The van der Waals surface area contributed by atoms with Crippen LogP contribution in [0.25, 0.3) is 0 Å². The van der Waals surface area contributed by atoms with E-state index in [1.165, 1.54) is 161 Å². The van der Waals surface area contributed by atoms with Gasteiger partial charge in [0.2, 0.25) is 5.91 Å². The number of carbonyl (C=O) groups excluding carboxylic acids is 2. The molecule has 0 aromatic carbocycles. The number of amides is 1. The summed E-state index contributed by atoms with van der Waals surface area (Å²) in [5, 5.41) is 56.9. The van der Waals surface area contributed by atoms with Crippen molar-refractivity contribution in [2.24, 2.45) is 0 Å². The van der Waals surface area contributed by atoms with E-state index in [1.807, 2.05) is 6.08 Å². The minimum absolute atomic E-state index is 0.126. The van der Waals surface area contributed by atoms with Crippen LogP contribution in [0.4, 0.5) is 0 Å². The summed E-state index contributed by atoms with van der Waals surface area (Å²) in [6.45, 7) is 5.76. The fourth-order valence-corrected chi connectivity index (χ4v) is 9.72. The lowest BCUT2D eigenvalue weighted by Gasteiger charge is -2.41. The number of esters is 1. The first-order valence-corrected chi connectivity index (χ1v) is 31.4. The number of aliphatic hydroxyl groups is 5. The van der Waals surface area contributed by atoms with Crippen molar-refractivity contribution in [3.8, 4) is 0 Å². The van der Waals surface area contributed by atoms with Crippen molar-refractivity contribution < 1.29 is 49.3 Å². The summed E-state index contributed by atoms with van der Waals surface area (Å²) in [7, 11) is 0. The van der Waals surface area contributed by atoms with Crippen molar-refractivity contribution >= 4 is 11.9 Å². The van der Waals surface area contributed by atoms with Gasteiger partial charge in [0, 0.05) is 6.42 Å². The SMILES string of the molecule is CCCCC/C=C\C/C=C\C/C=C\CCCCCCCCCCCC(O)C(=O)NC(COC1OC(CO)C(O)C(O)C1OC(=O)CCCCCCCCCCCCCCC)C(O)/C=C/CCCCCCCCCCC. The van der Waals surface area contributed by atoms with Gasteiger partial charge in [-0.3, -0.25) is 9.59 Å². The average molecular weight is 1060 g/mol. The number of aliphatic hydroxyl groups excluding tert-OH is 5. The molecule has 11 heteroatoms. The van der Waals surface area contributed by atoms with Gasteiger partial charge in [0.25, 0.3) is 0 Å². The molecule has 11 nitrogen and oxygen atoms in total. The summed E-state index contributed by atoms with van der Waals surface area (Å²) in [5.74, 6) is -1.19. The first kappa shape index (κ1) is 70.6. The highest BCUT2D eigenvalue weighted by atomic mass is 16.7. The Balaban J connectivity index is 2.63. The number of unbranched alkanes of at least 4 members (excludes halogenated alkanes) is 33. The molecule has 0 bridgehead atoms. The van der Waals surface area contributed by atoms with E-state index >= 15 is 0 Å². The average Bonchev–Trinajstić information content (AvgIpc) is 3.41. The zero-order valence-electron chi connectivity index (χ0n) is 48.4. The zero-order chi connectivity index (χ0) is 54.7. The third kappa shape index (κ3) is 40.5. The number of hydrogen-bond donors (Lipinski definition) is 6. The van der Waals surface area contributed by atoms with E-state index < -0.39 is 67.4 Å². The van der Waals surface area contributed by atoms with E-state index in [2.05, 4.69) is 62.5 Å². The van der Waals surface area contributed by atoms with E-state index in [4.69, 9.17) is 14.2 Å². The molecule has 0 aromatic heterocycles. The van der Waals surface area contributed by atoms with Crippen molar-refractivity contribution in [3.05, 3.63) is 48.6 Å². The topological polar surface area (TPSA) is 175 Å². The van der Waals surface area contributed by atoms with Crippen molar-refractivity contribution in [1.82, 2.24) is 5.32 Å². The summed E-state index contributed by atoms with van der Waals surface area (Å²) in [6, 6.07) is -1.02. The van der Waals surface area contributed by atoms with Gasteiger partial charge in [-0.15, -0.1) is 0 Å². The van der Waals surface area contributed by atoms with E-state index in [9.17, 15) is 35.1 Å². The van der Waals surface area contributed by atoms with Gasteiger partial charge in [-0.2, -0.15) is 0 Å². The van der Waals surface area contributed by atoms with Crippen LogP contribution in [0.5, 0.6) is 0 Å².